The summed E-state index contributed by atoms with van der Waals surface area (Å²) in [6.45, 7) is 3.84. The van der Waals surface area contributed by atoms with Crippen molar-refractivity contribution in [2.45, 2.75) is 26.6 Å². The molecule has 132 valence electrons. The van der Waals surface area contributed by atoms with Gasteiger partial charge in [-0.3, -0.25) is 0 Å². The highest BCUT2D eigenvalue weighted by molar-refractivity contribution is 5.59. The summed E-state index contributed by atoms with van der Waals surface area (Å²) in [4.78, 5) is 1.72. The zero-order valence-electron chi connectivity index (χ0n) is 13.8. The van der Waals surface area contributed by atoms with Crippen LogP contribution in [0.25, 0.3) is 5.65 Å². The summed E-state index contributed by atoms with van der Waals surface area (Å²) in [5.74, 6) is -0.642. The molecule has 0 bridgehead atoms. The van der Waals surface area contributed by atoms with Gasteiger partial charge in [0.15, 0.2) is 11.5 Å². The Morgan fingerprint density at radius 3 is 2.52 bits per heavy atom. The number of fused-ring (bicyclic) bond motifs is 1. The van der Waals surface area contributed by atoms with Crippen molar-refractivity contribution < 1.29 is 18.3 Å². The molecule has 0 radical (unpaired) electrons. The fraction of sp³-hybridized carbons (Fsp3) is 0.312. The molecule has 0 spiro atoms. The van der Waals surface area contributed by atoms with E-state index in [-0.39, 0.29) is 11.4 Å². The van der Waals surface area contributed by atoms with Crippen LogP contribution in [0.3, 0.4) is 0 Å². The molecule has 0 aliphatic rings. The maximum atomic E-state index is 13.1. The lowest BCUT2D eigenvalue weighted by atomic mass is 10.1. The maximum Gasteiger partial charge on any atom is 0.453 e. The van der Waals surface area contributed by atoms with E-state index in [4.69, 9.17) is 0 Å². The molecule has 0 amide bonds. The van der Waals surface area contributed by atoms with E-state index in [1.807, 2.05) is 6.07 Å². The predicted octanol–water partition coefficient (Wildman–Crippen LogP) is 3.10. The van der Waals surface area contributed by atoms with Crippen LogP contribution in [-0.4, -0.2) is 32.0 Å². The summed E-state index contributed by atoms with van der Waals surface area (Å²) in [7, 11) is 1.72. The van der Waals surface area contributed by atoms with Gasteiger partial charge in [-0.05, 0) is 31.5 Å². The normalized spacial score (nSPS) is 11.9. The van der Waals surface area contributed by atoms with Gasteiger partial charge >= 0.3 is 6.18 Å². The van der Waals surface area contributed by atoms with E-state index in [0.717, 1.165) is 15.6 Å². The van der Waals surface area contributed by atoms with Crippen LogP contribution < -0.4 is 4.90 Å². The van der Waals surface area contributed by atoms with Crippen molar-refractivity contribution in [3.05, 3.63) is 46.8 Å². The Bertz CT molecular complexity index is 935. The van der Waals surface area contributed by atoms with Crippen molar-refractivity contribution in [1.82, 2.24) is 19.8 Å². The quantitative estimate of drug-likeness (QED) is 0.785. The Balaban J connectivity index is 2.07. The van der Waals surface area contributed by atoms with Gasteiger partial charge in [0.05, 0.1) is 0 Å². The molecular weight excluding hydrogens is 335 g/mol. The van der Waals surface area contributed by atoms with Crippen LogP contribution in [0.1, 0.15) is 22.5 Å². The number of halogens is 3. The van der Waals surface area contributed by atoms with Crippen molar-refractivity contribution >= 4 is 11.5 Å². The van der Waals surface area contributed by atoms with Crippen LogP contribution in [0.15, 0.2) is 24.3 Å². The van der Waals surface area contributed by atoms with Crippen LogP contribution in [0, 0.1) is 13.8 Å². The molecule has 2 aromatic heterocycles. The first-order chi connectivity index (χ1) is 11.7. The number of hydrogen-bond donors (Lipinski definition) is 1. The van der Waals surface area contributed by atoms with Gasteiger partial charge in [0.1, 0.15) is 5.75 Å². The molecule has 6 nitrogen and oxygen atoms in total. The molecule has 1 N–H and O–H groups in total. The molecule has 1 aromatic carbocycles. The van der Waals surface area contributed by atoms with E-state index in [2.05, 4.69) is 15.3 Å². The largest absolute Gasteiger partial charge is 0.508 e. The number of hydrogen-bond acceptors (Lipinski definition) is 5. The molecule has 0 atom stereocenters. The van der Waals surface area contributed by atoms with Gasteiger partial charge in [-0.15, -0.1) is 15.3 Å². The minimum absolute atomic E-state index is 0.0827. The highest BCUT2D eigenvalue weighted by Crippen LogP contribution is 2.30. The third kappa shape index (κ3) is 3.09. The van der Waals surface area contributed by atoms with Gasteiger partial charge in [0.2, 0.25) is 0 Å². The molecule has 0 aliphatic heterocycles. The Morgan fingerprint density at radius 2 is 1.88 bits per heavy atom. The number of aryl methyl sites for hydroxylation is 1. The third-order valence-electron chi connectivity index (χ3n) is 4.01. The number of anilines is 1. The molecule has 0 saturated carbocycles. The van der Waals surface area contributed by atoms with Crippen molar-refractivity contribution in [2.75, 3.05) is 11.9 Å². The standard InChI is InChI=1S/C16H16F3N5O/c1-9-10(2)14(23(3)8-11-5-4-6-12(25)7-11)22-24-13(9)20-21-15(24)16(17,18)19/h4-7,25H,8H2,1-3H3. The fourth-order valence-electron chi connectivity index (χ4n) is 2.66. The van der Waals surface area contributed by atoms with Crippen molar-refractivity contribution in [3.63, 3.8) is 0 Å². The maximum absolute atomic E-state index is 13.1. The third-order valence-corrected chi connectivity index (χ3v) is 4.01. The summed E-state index contributed by atoms with van der Waals surface area (Å²) >= 11 is 0. The molecule has 3 aromatic rings. The SMILES string of the molecule is Cc1c(N(C)Cc2cccc(O)c2)nn2c(C(F)(F)F)nnc2c1C. The van der Waals surface area contributed by atoms with Gasteiger partial charge in [-0.1, -0.05) is 12.1 Å². The van der Waals surface area contributed by atoms with Gasteiger partial charge in [0, 0.05) is 24.7 Å². The molecule has 2 heterocycles. The first-order valence-corrected chi connectivity index (χ1v) is 7.47. The monoisotopic (exact) mass is 351 g/mol. The number of benzene rings is 1. The molecule has 9 heteroatoms. The zero-order valence-corrected chi connectivity index (χ0v) is 13.8. The Labute approximate surface area is 141 Å². The number of aromatic hydroxyl groups is 1. The summed E-state index contributed by atoms with van der Waals surface area (Å²) in [6.07, 6.45) is -4.64. The van der Waals surface area contributed by atoms with Gasteiger partial charge in [0.25, 0.3) is 5.82 Å². The lowest BCUT2D eigenvalue weighted by molar-refractivity contribution is -0.146. The van der Waals surface area contributed by atoms with E-state index >= 15 is 0 Å². The summed E-state index contributed by atoms with van der Waals surface area (Å²) in [5.41, 5.74) is 2.19. The van der Waals surface area contributed by atoms with Crippen LogP contribution in [0.5, 0.6) is 5.75 Å². The number of aromatic nitrogens is 4. The van der Waals surface area contributed by atoms with Crippen LogP contribution in [0.2, 0.25) is 0 Å². The molecule has 25 heavy (non-hydrogen) atoms. The number of phenolic OH excluding ortho intramolecular Hbond substituents is 1. The van der Waals surface area contributed by atoms with Gasteiger partial charge < -0.3 is 10.0 Å². The summed E-state index contributed by atoms with van der Waals surface area (Å²) in [5, 5.41) is 20.5. The van der Waals surface area contributed by atoms with E-state index in [0.29, 0.717) is 17.9 Å². The highest BCUT2D eigenvalue weighted by Gasteiger charge is 2.38. The lowest BCUT2D eigenvalue weighted by Crippen LogP contribution is -2.22. The van der Waals surface area contributed by atoms with E-state index in [1.54, 1.807) is 44.0 Å². The number of rotatable bonds is 3. The fourth-order valence-corrected chi connectivity index (χ4v) is 2.66. The number of phenols is 1. The minimum atomic E-state index is -4.64. The Kier molecular flexibility index (Phi) is 4.02. The summed E-state index contributed by atoms with van der Waals surface area (Å²) in [6, 6.07) is 6.67. The van der Waals surface area contributed by atoms with Gasteiger partial charge in [-0.25, -0.2) is 0 Å². The minimum Gasteiger partial charge on any atom is -0.508 e. The highest BCUT2D eigenvalue weighted by atomic mass is 19.4. The van der Waals surface area contributed by atoms with Crippen molar-refractivity contribution in [1.29, 1.82) is 0 Å². The predicted molar refractivity (Wildman–Crippen MR) is 85.5 cm³/mol. The molecule has 0 fully saturated rings. The first kappa shape index (κ1) is 17.0. The van der Waals surface area contributed by atoms with E-state index in [9.17, 15) is 18.3 Å². The van der Waals surface area contributed by atoms with Crippen LogP contribution in [-0.2, 0) is 12.7 Å². The number of alkyl halides is 3. The average Bonchev–Trinajstić information content (AvgIpc) is 2.95. The molecule has 3 rings (SSSR count). The second kappa shape index (κ2) is 5.91. The van der Waals surface area contributed by atoms with E-state index < -0.39 is 12.0 Å². The molecule has 0 saturated heterocycles. The van der Waals surface area contributed by atoms with Crippen molar-refractivity contribution in [2.24, 2.45) is 0 Å². The number of nitrogens with zero attached hydrogens (tertiary/aromatic N) is 5. The first-order valence-electron chi connectivity index (χ1n) is 7.47. The smallest absolute Gasteiger partial charge is 0.453 e. The van der Waals surface area contributed by atoms with Crippen LogP contribution >= 0.6 is 0 Å². The Hall–Kier alpha value is -2.84. The second-order valence-corrected chi connectivity index (χ2v) is 5.86. The van der Waals surface area contributed by atoms with Crippen molar-refractivity contribution in [3.8, 4) is 5.75 Å². The summed E-state index contributed by atoms with van der Waals surface area (Å²) < 4.78 is 40.0. The van der Waals surface area contributed by atoms with Gasteiger partial charge in [-0.2, -0.15) is 17.7 Å². The lowest BCUT2D eigenvalue weighted by Gasteiger charge is -2.21. The zero-order chi connectivity index (χ0) is 18.4. The molecular formula is C16H16F3N5O. The molecule has 0 unspecified atom stereocenters. The second-order valence-electron chi connectivity index (χ2n) is 5.86. The van der Waals surface area contributed by atoms with E-state index in [1.165, 1.54) is 0 Å². The topological polar surface area (TPSA) is 66.5 Å². The molecule has 0 aliphatic carbocycles. The van der Waals surface area contributed by atoms with Crippen LogP contribution in [0.4, 0.5) is 19.0 Å². The Morgan fingerprint density at radius 1 is 1.16 bits per heavy atom. The average molecular weight is 351 g/mol.